The number of aromatic nitrogens is 2. The Kier molecular flexibility index (Phi) is 4.61. The zero-order valence-electron chi connectivity index (χ0n) is 11.9. The highest BCUT2D eigenvalue weighted by Gasteiger charge is 2.23. The Balaban J connectivity index is 3.10. The first kappa shape index (κ1) is 14.1. The van der Waals surface area contributed by atoms with Crippen LogP contribution in [0.5, 0.6) is 5.88 Å². The molecule has 1 heterocycles. The van der Waals surface area contributed by atoms with Gasteiger partial charge in [-0.15, -0.1) is 0 Å². The molecule has 0 fully saturated rings. The highest BCUT2D eigenvalue weighted by Crippen LogP contribution is 2.29. The lowest BCUT2D eigenvalue weighted by Crippen LogP contribution is -2.22. The predicted octanol–water partition coefficient (Wildman–Crippen LogP) is 3.64. The number of aromatic hydroxyl groups is 1. The summed E-state index contributed by atoms with van der Waals surface area (Å²) in [5, 5.41) is 14.9. The molecule has 0 bridgehead atoms. The minimum Gasteiger partial charge on any atom is -0.493 e. The van der Waals surface area contributed by atoms with Crippen LogP contribution in [0.1, 0.15) is 65.1 Å². The van der Waals surface area contributed by atoms with E-state index in [0.717, 1.165) is 43.4 Å². The second kappa shape index (κ2) is 5.56. The molecule has 0 saturated carbocycles. The normalized spacial score (nSPS) is 12.1. The van der Waals surface area contributed by atoms with E-state index in [-0.39, 0.29) is 5.54 Å². The van der Waals surface area contributed by atoms with Gasteiger partial charge in [-0.3, -0.25) is 0 Å². The molecule has 0 spiro atoms. The molecule has 1 rings (SSSR count). The topological polar surface area (TPSA) is 38.0 Å². The molecule has 0 saturated heterocycles. The van der Waals surface area contributed by atoms with Crippen LogP contribution in [0.3, 0.4) is 0 Å². The summed E-state index contributed by atoms with van der Waals surface area (Å²) in [6, 6.07) is 0. The van der Waals surface area contributed by atoms with Gasteiger partial charge in [-0.1, -0.05) is 26.7 Å². The predicted molar refractivity (Wildman–Crippen MR) is 71.5 cm³/mol. The number of hydrogen-bond donors (Lipinski definition) is 1. The Morgan fingerprint density at radius 1 is 1.12 bits per heavy atom. The number of nitrogens with zero attached hydrogens (tertiary/aromatic N) is 2. The molecule has 1 aromatic heterocycles. The van der Waals surface area contributed by atoms with E-state index in [9.17, 15) is 5.11 Å². The first-order valence-corrected chi connectivity index (χ1v) is 6.72. The van der Waals surface area contributed by atoms with Crippen molar-refractivity contribution in [2.45, 2.75) is 72.3 Å². The highest BCUT2D eigenvalue weighted by atomic mass is 16.3. The van der Waals surface area contributed by atoms with Crippen LogP contribution in [0.4, 0.5) is 0 Å². The molecule has 17 heavy (non-hydrogen) atoms. The molecular weight excluding hydrogens is 212 g/mol. The van der Waals surface area contributed by atoms with E-state index < -0.39 is 0 Å². The molecule has 3 nitrogen and oxygen atoms in total. The molecule has 0 atom stereocenters. The van der Waals surface area contributed by atoms with Gasteiger partial charge in [0.1, 0.15) is 0 Å². The van der Waals surface area contributed by atoms with Crippen molar-refractivity contribution < 1.29 is 5.11 Å². The Hall–Kier alpha value is -0.990. The number of unbranched alkanes of at least 4 members (excludes halogenated alkanes) is 1. The molecule has 0 aliphatic rings. The van der Waals surface area contributed by atoms with E-state index in [0.29, 0.717) is 5.88 Å². The van der Waals surface area contributed by atoms with E-state index in [1.54, 1.807) is 4.68 Å². The molecule has 98 valence electrons. The molecule has 0 aromatic carbocycles. The molecule has 1 N–H and O–H groups in total. The Morgan fingerprint density at radius 2 is 1.76 bits per heavy atom. The maximum Gasteiger partial charge on any atom is 0.213 e. The Bertz CT molecular complexity index is 361. The van der Waals surface area contributed by atoms with E-state index in [1.165, 1.54) is 0 Å². The fourth-order valence-corrected chi connectivity index (χ4v) is 2.00. The SMILES string of the molecule is CCCCc1nn(C(C)(C)C)c(O)c1CCC. The molecule has 0 amide bonds. The van der Waals surface area contributed by atoms with Crippen LogP contribution in [-0.4, -0.2) is 14.9 Å². The van der Waals surface area contributed by atoms with Crippen LogP contribution in [0.2, 0.25) is 0 Å². The molecule has 1 aromatic rings. The zero-order chi connectivity index (χ0) is 13.1. The smallest absolute Gasteiger partial charge is 0.213 e. The third kappa shape index (κ3) is 3.24. The largest absolute Gasteiger partial charge is 0.493 e. The van der Waals surface area contributed by atoms with Crippen molar-refractivity contribution in [1.82, 2.24) is 9.78 Å². The van der Waals surface area contributed by atoms with Crippen molar-refractivity contribution in [2.75, 3.05) is 0 Å². The number of hydrogen-bond acceptors (Lipinski definition) is 2. The number of rotatable bonds is 5. The second-order valence-corrected chi connectivity index (χ2v) is 5.69. The summed E-state index contributed by atoms with van der Waals surface area (Å²) in [6.07, 6.45) is 5.23. The van der Waals surface area contributed by atoms with Gasteiger partial charge in [0.2, 0.25) is 5.88 Å². The maximum absolute atomic E-state index is 10.3. The van der Waals surface area contributed by atoms with Crippen molar-refractivity contribution in [3.05, 3.63) is 11.3 Å². The number of aryl methyl sites for hydroxylation is 1. The molecule has 0 unspecified atom stereocenters. The van der Waals surface area contributed by atoms with Crippen LogP contribution in [0.25, 0.3) is 0 Å². The minimum absolute atomic E-state index is 0.156. The minimum atomic E-state index is -0.156. The van der Waals surface area contributed by atoms with Gasteiger partial charge in [-0.25, -0.2) is 4.68 Å². The summed E-state index contributed by atoms with van der Waals surface area (Å²) in [5.74, 6) is 0.366. The zero-order valence-corrected chi connectivity index (χ0v) is 11.9. The van der Waals surface area contributed by atoms with Gasteiger partial charge in [0.15, 0.2) is 0 Å². The van der Waals surface area contributed by atoms with Gasteiger partial charge < -0.3 is 5.11 Å². The summed E-state index contributed by atoms with van der Waals surface area (Å²) < 4.78 is 1.77. The van der Waals surface area contributed by atoms with Crippen molar-refractivity contribution in [1.29, 1.82) is 0 Å². The average molecular weight is 238 g/mol. The monoisotopic (exact) mass is 238 g/mol. The van der Waals surface area contributed by atoms with E-state index in [4.69, 9.17) is 0 Å². The Morgan fingerprint density at radius 3 is 2.24 bits per heavy atom. The van der Waals surface area contributed by atoms with Crippen molar-refractivity contribution >= 4 is 0 Å². The van der Waals surface area contributed by atoms with Gasteiger partial charge in [-0.05, 0) is 40.0 Å². The first-order chi connectivity index (χ1) is 7.91. The van der Waals surface area contributed by atoms with Crippen molar-refractivity contribution in [3.8, 4) is 5.88 Å². The van der Waals surface area contributed by atoms with Crippen LogP contribution in [0, 0.1) is 0 Å². The molecular formula is C14H26N2O. The van der Waals surface area contributed by atoms with Gasteiger partial charge in [-0.2, -0.15) is 5.10 Å². The standard InChI is InChI=1S/C14H26N2O/c1-6-8-10-12-11(9-7-2)13(17)16(15-12)14(3,4)5/h17H,6-10H2,1-5H3. The summed E-state index contributed by atoms with van der Waals surface area (Å²) in [5.41, 5.74) is 1.98. The maximum atomic E-state index is 10.3. The van der Waals surface area contributed by atoms with Crippen LogP contribution in [0.15, 0.2) is 0 Å². The lowest BCUT2D eigenvalue weighted by molar-refractivity contribution is 0.292. The molecule has 0 aliphatic carbocycles. The second-order valence-electron chi connectivity index (χ2n) is 5.69. The van der Waals surface area contributed by atoms with E-state index in [1.807, 2.05) is 0 Å². The Labute approximate surface area is 105 Å². The summed E-state index contributed by atoms with van der Waals surface area (Å²) in [7, 11) is 0. The lowest BCUT2D eigenvalue weighted by Gasteiger charge is -2.20. The van der Waals surface area contributed by atoms with Gasteiger partial charge in [0.25, 0.3) is 0 Å². The summed E-state index contributed by atoms with van der Waals surface area (Å²) in [6.45, 7) is 10.5. The highest BCUT2D eigenvalue weighted by molar-refractivity contribution is 5.32. The third-order valence-corrected chi connectivity index (χ3v) is 2.94. The summed E-state index contributed by atoms with van der Waals surface area (Å²) >= 11 is 0. The van der Waals surface area contributed by atoms with Gasteiger partial charge >= 0.3 is 0 Å². The van der Waals surface area contributed by atoms with Crippen molar-refractivity contribution in [2.24, 2.45) is 0 Å². The fraction of sp³-hybridized carbons (Fsp3) is 0.786. The first-order valence-electron chi connectivity index (χ1n) is 6.72. The molecule has 0 radical (unpaired) electrons. The summed E-state index contributed by atoms with van der Waals surface area (Å²) in [4.78, 5) is 0. The third-order valence-electron chi connectivity index (χ3n) is 2.94. The molecule has 3 heteroatoms. The average Bonchev–Trinajstić information content (AvgIpc) is 2.54. The van der Waals surface area contributed by atoms with Crippen LogP contribution in [-0.2, 0) is 18.4 Å². The van der Waals surface area contributed by atoms with Crippen LogP contribution >= 0.6 is 0 Å². The van der Waals surface area contributed by atoms with Crippen molar-refractivity contribution in [3.63, 3.8) is 0 Å². The van der Waals surface area contributed by atoms with Crippen LogP contribution < -0.4 is 0 Å². The van der Waals surface area contributed by atoms with E-state index >= 15 is 0 Å². The molecule has 0 aliphatic heterocycles. The van der Waals surface area contributed by atoms with Gasteiger partial charge in [0, 0.05) is 5.56 Å². The fourth-order valence-electron chi connectivity index (χ4n) is 2.00. The van der Waals surface area contributed by atoms with Gasteiger partial charge in [0.05, 0.1) is 11.2 Å². The van der Waals surface area contributed by atoms with E-state index in [2.05, 4.69) is 39.7 Å². The lowest BCUT2D eigenvalue weighted by atomic mass is 10.1. The quantitative estimate of drug-likeness (QED) is 0.850.